The third-order valence-corrected chi connectivity index (χ3v) is 3.88. The number of thiazole rings is 1. The van der Waals surface area contributed by atoms with Crippen molar-refractivity contribution in [2.24, 2.45) is 0 Å². The molecule has 0 amide bonds. The number of nitrogens with one attached hydrogen (secondary N) is 1. The van der Waals surface area contributed by atoms with E-state index in [9.17, 15) is 0 Å². The molecule has 0 saturated carbocycles. The summed E-state index contributed by atoms with van der Waals surface area (Å²) in [5, 5.41) is 4.44. The van der Waals surface area contributed by atoms with Gasteiger partial charge in [-0.2, -0.15) is 0 Å². The van der Waals surface area contributed by atoms with Crippen LogP contribution in [0.3, 0.4) is 0 Å². The van der Waals surface area contributed by atoms with Gasteiger partial charge in [-0.1, -0.05) is 25.1 Å². The maximum absolute atomic E-state index is 5.84. The van der Waals surface area contributed by atoms with Gasteiger partial charge in [0, 0.05) is 16.6 Å². The summed E-state index contributed by atoms with van der Waals surface area (Å²) in [7, 11) is 1.97. The lowest BCUT2D eigenvalue weighted by molar-refractivity contribution is 0.312. The number of ether oxygens (including phenoxy) is 1. The fourth-order valence-corrected chi connectivity index (χ4v) is 2.94. The summed E-state index contributed by atoms with van der Waals surface area (Å²) in [6, 6.07) is 8.34. The number of hydrogen-bond acceptors (Lipinski definition) is 4. The van der Waals surface area contributed by atoms with Gasteiger partial charge in [-0.15, -0.1) is 11.3 Å². The monoisotopic (exact) mass is 276 g/mol. The molecule has 1 N–H and O–H groups in total. The van der Waals surface area contributed by atoms with E-state index in [-0.39, 0.29) is 6.04 Å². The first-order chi connectivity index (χ1) is 9.26. The fraction of sp³-hybridized carbons (Fsp3) is 0.400. The molecule has 2 rings (SSSR count). The van der Waals surface area contributed by atoms with E-state index in [2.05, 4.69) is 23.3 Å². The minimum absolute atomic E-state index is 0.138. The van der Waals surface area contributed by atoms with Crippen LogP contribution in [0.15, 0.2) is 30.5 Å². The number of aryl methyl sites for hydroxylation is 1. The van der Waals surface area contributed by atoms with E-state index in [1.165, 1.54) is 10.4 Å². The summed E-state index contributed by atoms with van der Waals surface area (Å²) < 4.78 is 5.84. The van der Waals surface area contributed by atoms with E-state index >= 15 is 0 Å². The summed E-state index contributed by atoms with van der Waals surface area (Å²) in [4.78, 5) is 5.56. The molecule has 0 bridgehead atoms. The number of benzene rings is 1. The molecule has 0 spiro atoms. The average molecular weight is 276 g/mol. The lowest BCUT2D eigenvalue weighted by Gasteiger charge is -2.18. The lowest BCUT2D eigenvalue weighted by Crippen LogP contribution is -2.17. The van der Waals surface area contributed by atoms with Crippen molar-refractivity contribution in [3.05, 3.63) is 45.9 Å². The standard InChI is InChI=1S/C15H20N2OS/c1-4-9-18-13-8-6-5-7-12(13)15(16-3)14-10-17-11(2)19-14/h5-8,10,15-16H,4,9H2,1-3H3. The Bertz CT molecular complexity index is 524. The van der Waals surface area contributed by atoms with Gasteiger partial charge in [0.15, 0.2) is 0 Å². The van der Waals surface area contributed by atoms with Crippen molar-refractivity contribution >= 4 is 11.3 Å². The normalized spacial score (nSPS) is 12.4. The van der Waals surface area contributed by atoms with Crippen LogP contribution in [0.4, 0.5) is 0 Å². The first kappa shape index (κ1) is 14.0. The number of hydrogen-bond donors (Lipinski definition) is 1. The number of aromatic nitrogens is 1. The molecule has 0 aliphatic rings. The first-order valence-electron chi connectivity index (χ1n) is 6.57. The van der Waals surface area contributed by atoms with Crippen LogP contribution in [-0.4, -0.2) is 18.6 Å². The van der Waals surface area contributed by atoms with E-state index in [0.717, 1.165) is 23.8 Å². The first-order valence-corrected chi connectivity index (χ1v) is 7.39. The molecule has 1 atom stereocenters. The van der Waals surface area contributed by atoms with Gasteiger partial charge >= 0.3 is 0 Å². The van der Waals surface area contributed by atoms with Crippen molar-refractivity contribution in [1.29, 1.82) is 0 Å². The van der Waals surface area contributed by atoms with Crippen molar-refractivity contribution in [3.8, 4) is 5.75 Å². The van der Waals surface area contributed by atoms with E-state index in [0.29, 0.717) is 0 Å². The van der Waals surface area contributed by atoms with Crippen LogP contribution in [0.2, 0.25) is 0 Å². The zero-order valence-corrected chi connectivity index (χ0v) is 12.5. The molecule has 0 saturated heterocycles. The number of rotatable bonds is 6. The second kappa shape index (κ2) is 6.68. The quantitative estimate of drug-likeness (QED) is 0.876. The molecular formula is C15H20N2OS. The maximum atomic E-state index is 5.84. The Morgan fingerprint density at radius 1 is 1.37 bits per heavy atom. The Morgan fingerprint density at radius 2 is 2.16 bits per heavy atom. The molecule has 0 aliphatic carbocycles. The molecular weight excluding hydrogens is 256 g/mol. The highest BCUT2D eigenvalue weighted by Gasteiger charge is 2.18. The second-order valence-corrected chi connectivity index (χ2v) is 5.66. The third-order valence-electron chi connectivity index (χ3n) is 2.90. The Morgan fingerprint density at radius 3 is 2.79 bits per heavy atom. The van der Waals surface area contributed by atoms with Crippen LogP contribution in [0.5, 0.6) is 5.75 Å². The van der Waals surface area contributed by atoms with Crippen molar-refractivity contribution in [3.63, 3.8) is 0 Å². The molecule has 1 aromatic carbocycles. The third kappa shape index (κ3) is 3.33. The van der Waals surface area contributed by atoms with Crippen LogP contribution in [-0.2, 0) is 0 Å². The molecule has 19 heavy (non-hydrogen) atoms. The van der Waals surface area contributed by atoms with Gasteiger partial charge in [0.1, 0.15) is 5.75 Å². The SMILES string of the molecule is CCCOc1ccccc1C(NC)c1cnc(C)s1. The van der Waals surface area contributed by atoms with Gasteiger partial charge in [0.25, 0.3) is 0 Å². The Labute approximate surface area is 118 Å². The molecule has 3 nitrogen and oxygen atoms in total. The zero-order chi connectivity index (χ0) is 13.7. The molecule has 2 aromatic rings. The van der Waals surface area contributed by atoms with E-state index < -0.39 is 0 Å². The molecule has 0 fully saturated rings. The summed E-state index contributed by atoms with van der Waals surface area (Å²) >= 11 is 1.72. The zero-order valence-electron chi connectivity index (χ0n) is 11.6. The van der Waals surface area contributed by atoms with E-state index in [4.69, 9.17) is 4.74 Å². The minimum Gasteiger partial charge on any atom is -0.493 e. The summed E-state index contributed by atoms with van der Waals surface area (Å²) in [6.45, 7) is 4.89. The summed E-state index contributed by atoms with van der Waals surface area (Å²) in [6.07, 6.45) is 2.95. The molecule has 1 aromatic heterocycles. The Hall–Kier alpha value is -1.39. The summed E-state index contributed by atoms with van der Waals surface area (Å²) in [5.74, 6) is 0.953. The van der Waals surface area contributed by atoms with Crippen LogP contribution >= 0.6 is 11.3 Å². The van der Waals surface area contributed by atoms with Crippen LogP contribution in [0.25, 0.3) is 0 Å². The van der Waals surface area contributed by atoms with Gasteiger partial charge in [0.2, 0.25) is 0 Å². The van der Waals surface area contributed by atoms with Gasteiger partial charge in [-0.3, -0.25) is 0 Å². The fourth-order valence-electron chi connectivity index (χ4n) is 2.02. The molecule has 0 aliphatic heterocycles. The average Bonchev–Trinajstić information content (AvgIpc) is 2.85. The highest BCUT2D eigenvalue weighted by atomic mass is 32.1. The van der Waals surface area contributed by atoms with Crippen LogP contribution in [0.1, 0.15) is 34.8 Å². The smallest absolute Gasteiger partial charge is 0.124 e. The maximum Gasteiger partial charge on any atom is 0.124 e. The Kier molecular flexibility index (Phi) is 4.93. The lowest BCUT2D eigenvalue weighted by atomic mass is 10.0. The topological polar surface area (TPSA) is 34.1 Å². The Balaban J connectivity index is 2.32. The second-order valence-electron chi connectivity index (χ2n) is 4.39. The van der Waals surface area contributed by atoms with Crippen molar-refractivity contribution in [2.45, 2.75) is 26.3 Å². The number of nitrogens with zero attached hydrogens (tertiary/aromatic N) is 1. The van der Waals surface area contributed by atoms with Crippen molar-refractivity contribution in [2.75, 3.05) is 13.7 Å². The molecule has 102 valence electrons. The van der Waals surface area contributed by atoms with Gasteiger partial charge < -0.3 is 10.1 Å². The van der Waals surface area contributed by atoms with E-state index in [1.807, 2.05) is 38.4 Å². The van der Waals surface area contributed by atoms with Crippen molar-refractivity contribution in [1.82, 2.24) is 10.3 Å². The molecule has 1 unspecified atom stereocenters. The predicted octanol–water partition coefficient (Wildman–Crippen LogP) is 3.55. The van der Waals surface area contributed by atoms with Crippen molar-refractivity contribution < 1.29 is 4.74 Å². The largest absolute Gasteiger partial charge is 0.493 e. The van der Waals surface area contributed by atoms with Crippen LogP contribution in [0, 0.1) is 6.92 Å². The summed E-state index contributed by atoms with van der Waals surface area (Å²) in [5.41, 5.74) is 1.17. The highest BCUT2D eigenvalue weighted by molar-refractivity contribution is 7.11. The van der Waals surface area contributed by atoms with Crippen LogP contribution < -0.4 is 10.1 Å². The molecule has 1 heterocycles. The highest BCUT2D eigenvalue weighted by Crippen LogP contribution is 2.32. The minimum atomic E-state index is 0.138. The molecule has 4 heteroatoms. The van der Waals surface area contributed by atoms with Gasteiger partial charge in [-0.25, -0.2) is 4.98 Å². The van der Waals surface area contributed by atoms with Gasteiger partial charge in [0.05, 0.1) is 17.7 Å². The van der Waals surface area contributed by atoms with Gasteiger partial charge in [-0.05, 0) is 26.5 Å². The predicted molar refractivity (Wildman–Crippen MR) is 80.0 cm³/mol. The molecule has 0 radical (unpaired) electrons. The van der Waals surface area contributed by atoms with E-state index in [1.54, 1.807) is 11.3 Å². The number of para-hydroxylation sites is 1.